The monoisotopic (exact) mass is 1490 g/mol. The summed E-state index contributed by atoms with van der Waals surface area (Å²) in [4.78, 5) is 72.9. The van der Waals surface area contributed by atoms with Crippen molar-refractivity contribution >= 4 is 39.5 Å². The molecule has 0 aliphatic rings. The molecule has 0 aliphatic carbocycles. The third-order valence-electron chi connectivity index (χ3n) is 16.0. The van der Waals surface area contributed by atoms with Crippen molar-refractivity contribution in [2.24, 2.45) is 0 Å². The van der Waals surface area contributed by atoms with Gasteiger partial charge in [-0.3, -0.25) is 37.3 Å². The Kier molecular flexibility index (Phi) is 72.0. The molecule has 0 aliphatic heterocycles. The summed E-state index contributed by atoms with van der Waals surface area (Å²) >= 11 is 0. The summed E-state index contributed by atoms with van der Waals surface area (Å²) in [5.74, 6) is -2.40. The van der Waals surface area contributed by atoms with Crippen LogP contribution in [-0.2, 0) is 65.4 Å². The van der Waals surface area contributed by atoms with Crippen LogP contribution in [0.1, 0.15) is 297 Å². The Bertz CT molecular complexity index is 2590. The van der Waals surface area contributed by atoms with Crippen molar-refractivity contribution < 1.29 is 80.2 Å². The van der Waals surface area contributed by atoms with Gasteiger partial charge in [0.15, 0.2) is 12.2 Å². The van der Waals surface area contributed by atoms with Gasteiger partial charge in [-0.05, 0) is 122 Å². The summed E-state index contributed by atoms with van der Waals surface area (Å²) < 4.78 is 68.4. The summed E-state index contributed by atoms with van der Waals surface area (Å²) in [5.41, 5.74) is 0. The minimum Gasteiger partial charge on any atom is -0.462 e. The Morgan fingerprint density at radius 3 is 0.894 bits per heavy atom. The van der Waals surface area contributed by atoms with Crippen molar-refractivity contribution in [2.45, 2.75) is 316 Å². The molecule has 592 valence electrons. The topological polar surface area (TPSA) is 237 Å². The summed E-state index contributed by atoms with van der Waals surface area (Å²) in [6.45, 7) is 4.35. The SMILES string of the molecule is CC/C=C\C/C=C\C/C=C\C/C=C\C/C=C\CCCC(=O)OCC(COP(=O)(O)OCC(O)COP(=O)(O)OCC(COC(=O)CCCCCCCCC/C=C\C/C=C\C/C=C\CC)OC(=O)C/C=C\C/C=C\C/C=C\C/C=C\C/C=C\CC)OC(=O)CCCCCCCCCCCCCCCCC. The van der Waals surface area contributed by atoms with E-state index in [-0.39, 0.29) is 25.7 Å². The number of aliphatic hydroxyl groups is 1. The van der Waals surface area contributed by atoms with Crippen molar-refractivity contribution in [3.63, 3.8) is 0 Å². The molecular weight excluding hydrogens is 1350 g/mol. The number of aliphatic hydroxyl groups excluding tert-OH is 1. The van der Waals surface area contributed by atoms with Gasteiger partial charge in [-0.25, -0.2) is 9.13 Å². The highest BCUT2D eigenvalue weighted by Gasteiger charge is 2.30. The lowest BCUT2D eigenvalue weighted by atomic mass is 10.0. The zero-order chi connectivity index (χ0) is 76.0. The zero-order valence-corrected chi connectivity index (χ0v) is 66.4. The van der Waals surface area contributed by atoms with E-state index in [2.05, 4.69) is 149 Å². The number of ether oxygens (including phenoxy) is 4. The number of phosphoric ester groups is 2. The molecule has 3 N–H and O–H groups in total. The van der Waals surface area contributed by atoms with Crippen LogP contribution in [0, 0.1) is 0 Å². The van der Waals surface area contributed by atoms with Crippen LogP contribution >= 0.6 is 15.6 Å². The Labute approximate surface area is 629 Å². The Balaban J connectivity index is 5.48. The first-order valence-corrected chi connectivity index (χ1v) is 42.7. The maximum Gasteiger partial charge on any atom is 0.472 e. The molecule has 0 fully saturated rings. The summed E-state index contributed by atoms with van der Waals surface area (Å²) in [5, 5.41) is 10.6. The predicted octanol–water partition coefficient (Wildman–Crippen LogP) is 23.2. The smallest absolute Gasteiger partial charge is 0.462 e. The molecule has 0 spiro atoms. The summed E-state index contributed by atoms with van der Waals surface area (Å²) in [6, 6.07) is 0. The largest absolute Gasteiger partial charge is 0.472 e. The van der Waals surface area contributed by atoms with E-state index < -0.39 is 97.5 Å². The third kappa shape index (κ3) is 74.9. The van der Waals surface area contributed by atoms with Gasteiger partial charge in [-0.2, -0.15) is 0 Å². The minimum atomic E-state index is -5.01. The zero-order valence-electron chi connectivity index (χ0n) is 64.6. The maximum atomic E-state index is 13.1. The highest BCUT2D eigenvalue weighted by Crippen LogP contribution is 2.45. The predicted molar refractivity (Wildman–Crippen MR) is 427 cm³/mol. The van der Waals surface area contributed by atoms with Crippen LogP contribution in [0.2, 0.25) is 0 Å². The fourth-order valence-electron chi connectivity index (χ4n) is 10.1. The molecule has 0 aromatic heterocycles. The molecule has 0 rings (SSSR count). The van der Waals surface area contributed by atoms with Crippen LogP contribution < -0.4 is 0 Å². The number of hydrogen-bond donors (Lipinski definition) is 3. The first-order chi connectivity index (χ1) is 50.7. The quantitative estimate of drug-likeness (QED) is 0.0169. The van der Waals surface area contributed by atoms with E-state index in [1.165, 1.54) is 64.2 Å². The first kappa shape index (κ1) is 98.7. The van der Waals surface area contributed by atoms with Crippen molar-refractivity contribution in [1.29, 1.82) is 0 Å². The van der Waals surface area contributed by atoms with Gasteiger partial charge in [-0.15, -0.1) is 0 Å². The van der Waals surface area contributed by atoms with Crippen LogP contribution in [0.5, 0.6) is 0 Å². The molecule has 19 heteroatoms. The van der Waals surface area contributed by atoms with Crippen molar-refractivity contribution in [3.05, 3.63) is 158 Å². The molecule has 0 aromatic rings. The fraction of sp³-hybridized carbons (Fsp3) is 0.647. The molecule has 0 radical (unpaired) electrons. The molecule has 17 nitrogen and oxygen atoms in total. The molecule has 0 aromatic carbocycles. The molecule has 0 bridgehead atoms. The standard InChI is InChI=1S/C85H140O17P2/c1-5-9-13-17-21-25-29-33-37-39-43-45-49-53-57-61-65-69-82(87)95-75-80(101-84(89)71-67-63-59-55-51-47-41-35-31-27-23-19-15-11-7-3)77-99-103(91,92)97-73-79(86)74-98-104(93,94)100-78-81(102-85(90)72-68-64-60-56-52-48-42-36-32-28-24-20-16-12-8-4)76-96-83(88)70-66-62-58-54-50-46-44-40-38-34-30-26-22-18-14-10-6-2/h9-11,13-15,21-23,25-27,33-35,37-38,41,44,46,51,54-55,58,63,67,79-81,86H,5-8,12,16-20,24,28-32,36,39-40,42-43,45,47-50,52-53,56-57,59-62,64-66,68-78H2,1-4H3,(H,91,92)(H,93,94)/b13-9-,14-10-,15-11-,25-21-,26-22-,27-23-,37-33-,38-34-,41-35-,46-44-,55-51-,58-54-,67-63-. The van der Waals surface area contributed by atoms with E-state index in [0.717, 1.165) is 148 Å². The number of phosphoric acid groups is 2. The highest BCUT2D eigenvalue weighted by molar-refractivity contribution is 7.47. The normalized spacial score (nSPS) is 14.7. The van der Waals surface area contributed by atoms with E-state index in [4.69, 9.17) is 37.0 Å². The molecule has 5 atom stereocenters. The number of esters is 4. The number of carbonyl (C=O) groups excluding carboxylic acids is 4. The van der Waals surface area contributed by atoms with E-state index in [0.29, 0.717) is 32.1 Å². The van der Waals surface area contributed by atoms with Gasteiger partial charge in [0.05, 0.1) is 32.8 Å². The molecule has 104 heavy (non-hydrogen) atoms. The fourth-order valence-corrected chi connectivity index (χ4v) is 11.7. The Morgan fingerprint density at radius 2 is 0.548 bits per heavy atom. The molecule has 0 heterocycles. The number of hydrogen-bond acceptors (Lipinski definition) is 15. The minimum absolute atomic E-state index is 0.0785. The van der Waals surface area contributed by atoms with Crippen LogP contribution in [0.4, 0.5) is 0 Å². The van der Waals surface area contributed by atoms with Gasteiger partial charge in [0.1, 0.15) is 19.3 Å². The Hall–Kier alpha value is -5.32. The molecule has 0 saturated heterocycles. The van der Waals surface area contributed by atoms with Crippen molar-refractivity contribution in [3.8, 4) is 0 Å². The van der Waals surface area contributed by atoms with Crippen LogP contribution in [-0.4, -0.2) is 96.7 Å². The second-order valence-corrected chi connectivity index (χ2v) is 28.8. The lowest BCUT2D eigenvalue weighted by Gasteiger charge is -2.21. The van der Waals surface area contributed by atoms with Gasteiger partial charge < -0.3 is 33.8 Å². The Morgan fingerprint density at radius 1 is 0.288 bits per heavy atom. The summed E-state index contributed by atoms with van der Waals surface area (Å²) in [6.07, 6.45) is 88.4. The number of allylic oxidation sites excluding steroid dienone is 25. The van der Waals surface area contributed by atoms with E-state index in [1.54, 1.807) is 12.2 Å². The van der Waals surface area contributed by atoms with E-state index in [1.807, 2.05) is 24.3 Å². The van der Waals surface area contributed by atoms with Crippen LogP contribution in [0.3, 0.4) is 0 Å². The highest BCUT2D eigenvalue weighted by atomic mass is 31.2. The second-order valence-electron chi connectivity index (χ2n) is 25.9. The lowest BCUT2D eigenvalue weighted by Crippen LogP contribution is -2.30. The molecule has 0 amide bonds. The number of rotatable bonds is 73. The van der Waals surface area contributed by atoms with Crippen molar-refractivity contribution in [1.82, 2.24) is 0 Å². The van der Waals surface area contributed by atoms with Crippen LogP contribution in [0.25, 0.3) is 0 Å². The second kappa shape index (κ2) is 75.9. The van der Waals surface area contributed by atoms with Gasteiger partial charge in [-0.1, -0.05) is 308 Å². The van der Waals surface area contributed by atoms with Gasteiger partial charge in [0.2, 0.25) is 0 Å². The first-order valence-electron chi connectivity index (χ1n) is 39.7. The average molecular weight is 1500 g/mol. The third-order valence-corrected chi connectivity index (χ3v) is 17.9. The average Bonchev–Trinajstić information content (AvgIpc) is 0.937. The molecule has 5 unspecified atom stereocenters. The molecular formula is C85H140O17P2. The van der Waals surface area contributed by atoms with Gasteiger partial charge >= 0.3 is 39.5 Å². The van der Waals surface area contributed by atoms with Gasteiger partial charge in [0, 0.05) is 19.3 Å². The van der Waals surface area contributed by atoms with Gasteiger partial charge in [0.25, 0.3) is 0 Å². The van der Waals surface area contributed by atoms with E-state index >= 15 is 0 Å². The van der Waals surface area contributed by atoms with Crippen molar-refractivity contribution in [2.75, 3.05) is 39.6 Å². The van der Waals surface area contributed by atoms with E-state index in [9.17, 15) is 43.2 Å². The molecule has 0 saturated carbocycles. The lowest BCUT2D eigenvalue weighted by molar-refractivity contribution is -0.161. The van der Waals surface area contributed by atoms with Crippen LogP contribution in [0.15, 0.2) is 158 Å². The number of carbonyl (C=O) groups is 4. The maximum absolute atomic E-state index is 13.1. The number of unbranched alkanes of at least 4 members (excludes halogenated alkanes) is 22. The summed E-state index contributed by atoms with van der Waals surface area (Å²) in [7, 11) is -10.0.